The molecule has 2 N–H and O–H groups in total. The summed E-state index contributed by atoms with van der Waals surface area (Å²) in [6.07, 6.45) is 2.00. The van der Waals surface area contributed by atoms with Crippen molar-refractivity contribution in [1.29, 1.82) is 0 Å². The molecule has 7 heteroatoms. The van der Waals surface area contributed by atoms with Crippen LogP contribution in [0.5, 0.6) is 0 Å². The predicted molar refractivity (Wildman–Crippen MR) is 89.8 cm³/mol. The lowest BCUT2D eigenvalue weighted by atomic mass is 10.1. The van der Waals surface area contributed by atoms with E-state index in [0.717, 1.165) is 12.0 Å². The molecule has 0 aromatic heterocycles. The maximum atomic E-state index is 12.0. The van der Waals surface area contributed by atoms with Gasteiger partial charge in [0.15, 0.2) is 9.84 Å². The number of hydrogen-bond acceptors (Lipinski definition) is 4. The molecule has 0 aliphatic carbocycles. The van der Waals surface area contributed by atoms with E-state index in [2.05, 4.69) is 0 Å². The molecule has 2 rings (SSSR count). The Balaban J connectivity index is 0.00000242. The van der Waals surface area contributed by atoms with Crippen LogP contribution in [0.25, 0.3) is 0 Å². The van der Waals surface area contributed by atoms with E-state index >= 15 is 0 Å². The number of aryl methyl sites for hydroxylation is 1. The number of halogens is 1. The number of benzene rings is 1. The number of amides is 1. The number of likely N-dealkylation sites (tertiary alicyclic amines) is 1. The number of hydrogen-bond donors (Lipinski definition) is 1. The Bertz CT molecular complexity index is 578. The third-order valence-corrected chi connectivity index (χ3v) is 5.28. The van der Waals surface area contributed by atoms with Crippen molar-refractivity contribution < 1.29 is 13.2 Å². The van der Waals surface area contributed by atoms with Crippen molar-refractivity contribution in [2.45, 2.75) is 25.3 Å². The van der Waals surface area contributed by atoms with Crippen LogP contribution in [0.3, 0.4) is 0 Å². The van der Waals surface area contributed by atoms with Gasteiger partial charge in [0.05, 0.1) is 5.75 Å². The van der Waals surface area contributed by atoms with Crippen molar-refractivity contribution >= 4 is 28.2 Å². The second-order valence-electron chi connectivity index (χ2n) is 5.57. The fourth-order valence-electron chi connectivity index (χ4n) is 2.51. The van der Waals surface area contributed by atoms with Crippen LogP contribution in [0.15, 0.2) is 30.3 Å². The fourth-order valence-corrected chi connectivity index (χ4v) is 3.79. The highest BCUT2D eigenvalue weighted by Gasteiger charge is 2.27. The first-order chi connectivity index (χ1) is 9.96. The van der Waals surface area contributed by atoms with Crippen LogP contribution in [0.2, 0.25) is 0 Å². The van der Waals surface area contributed by atoms with E-state index in [1.54, 1.807) is 4.90 Å². The quantitative estimate of drug-likeness (QED) is 0.833. The highest BCUT2D eigenvalue weighted by molar-refractivity contribution is 7.92. The van der Waals surface area contributed by atoms with Gasteiger partial charge in [-0.25, -0.2) is 8.42 Å². The molecule has 1 heterocycles. The van der Waals surface area contributed by atoms with Crippen LogP contribution < -0.4 is 5.73 Å². The summed E-state index contributed by atoms with van der Waals surface area (Å²) in [5, 5.41) is 0. The van der Waals surface area contributed by atoms with Crippen molar-refractivity contribution in [2.24, 2.45) is 5.73 Å². The highest BCUT2D eigenvalue weighted by atomic mass is 35.5. The molecular formula is C15H23ClN2O3S. The van der Waals surface area contributed by atoms with Gasteiger partial charge in [-0.1, -0.05) is 30.3 Å². The van der Waals surface area contributed by atoms with Crippen molar-refractivity contribution in [3.63, 3.8) is 0 Å². The number of nitrogens with two attached hydrogens (primary N) is 1. The highest BCUT2D eigenvalue weighted by Crippen LogP contribution is 2.09. The third kappa shape index (κ3) is 5.94. The SMILES string of the molecule is Cl.N[C@@H]1CCN(C(=O)CS(=O)(=O)CCCc2ccccc2)C1. The summed E-state index contributed by atoms with van der Waals surface area (Å²) in [4.78, 5) is 13.5. The lowest BCUT2D eigenvalue weighted by molar-refractivity contribution is -0.127. The van der Waals surface area contributed by atoms with Gasteiger partial charge in [-0.15, -0.1) is 12.4 Å². The Morgan fingerprint density at radius 3 is 2.55 bits per heavy atom. The Morgan fingerprint density at radius 2 is 1.95 bits per heavy atom. The lowest BCUT2D eigenvalue weighted by Crippen LogP contribution is -2.36. The Hall–Kier alpha value is -1.11. The van der Waals surface area contributed by atoms with E-state index in [1.807, 2.05) is 30.3 Å². The van der Waals surface area contributed by atoms with Crippen molar-refractivity contribution in [2.75, 3.05) is 24.6 Å². The summed E-state index contributed by atoms with van der Waals surface area (Å²) < 4.78 is 24.0. The Kier molecular flexibility index (Phi) is 7.32. The minimum absolute atomic E-state index is 0. The summed E-state index contributed by atoms with van der Waals surface area (Å²) >= 11 is 0. The smallest absolute Gasteiger partial charge is 0.237 e. The second-order valence-corrected chi connectivity index (χ2v) is 7.75. The average Bonchev–Trinajstić information content (AvgIpc) is 2.86. The molecule has 1 saturated heterocycles. The van der Waals surface area contributed by atoms with E-state index in [0.29, 0.717) is 25.9 Å². The zero-order valence-electron chi connectivity index (χ0n) is 12.5. The molecule has 0 radical (unpaired) electrons. The molecule has 1 aromatic rings. The number of carbonyl (C=O) groups excluding carboxylic acids is 1. The van der Waals surface area contributed by atoms with Gasteiger partial charge in [0.2, 0.25) is 5.91 Å². The van der Waals surface area contributed by atoms with Crippen LogP contribution in [-0.2, 0) is 21.1 Å². The molecular weight excluding hydrogens is 324 g/mol. The third-order valence-electron chi connectivity index (χ3n) is 3.68. The van der Waals surface area contributed by atoms with Crippen LogP contribution in [-0.4, -0.2) is 49.9 Å². The van der Waals surface area contributed by atoms with Crippen molar-refractivity contribution in [3.8, 4) is 0 Å². The molecule has 5 nitrogen and oxygen atoms in total. The number of carbonyl (C=O) groups is 1. The summed E-state index contributed by atoms with van der Waals surface area (Å²) in [5.41, 5.74) is 6.84. The lowest BCUT2D eigenvalue weighted by Gasteiger charge is -2.15. The van der Waals surface area contributed by atoms with Gasteiger partial charge in [-0.2, -0.15) is 0 Å². The molecule has 1 aliphatic heterocycles. The molecule has 0 unspecified atom stereocenters. The van der Waals surface area contributed by atoms with E-state index < -0.39 is 15.6 Å². The van der Waals surface area contributed by atoms with Gasteiger partial charge in [-0.05, 0) is 24.8 Å². The monoisotopic (exact) mass is 346 g/mol. The first-order valence-electron chi connectivity index (χ1n) is 7.24. The molecule has 0 bridgehead atoms. The number of rotatable bonds is 6. The number of nitrogens with zero attached hydrogens (tertiary/aromatic N) is 1. The molecule has 1 atom stereocenters. The van der Waals surface area contributed by atoms with Crippen molar-refractivity contribution in [1.82, 2.24) is 4.90 Å². The summed E-state index contributed by atoms with van der Waals surface area (Å²) in [6, 6.07) is 9.73. The summed E-state index contributed by atoms with van der Waals surface area (Å²) in [7, 11) is -3.34. The van der Waals surface area contributed by atoms with E-state index in [1.165, 1.54) is 0 Å². The van der Waals surface area contributed by atoms with E-state index in [9.17, 15) is 13.2 Å². The van der Waals surface area contributed by atoms with E-state index in [4.69, 9.17) is 5.73 Å². The molecule has 1 aliphatic rings. The molecule has 1 amide bonds. The van der Waals surface area contributed by atoms with E-state index in [-0.39, 0.29) is 30.1 Å². The summed E-state index contributed by atoms with van der Waals surface area (Å²) in [5.74, 6) is -0.662. The zero-order chi connectivity index (χ0) is 15.3. The van der Waals surface area contributed by atoms with Crippen molar-refractivity contribution in [3.05, 3.63) is 35.9 Å². The summed E-state index contributed by atoms with van der Waals surface area (Å²) in [6.45, 7) is 1.04. The standard InChI is InChI=1S/C15H22N2O3S.ClH/c16-14-8-9-17(11-14)15(18)12-21(19,20)10-4-7-13-5-2-1-3-6-13;/h1-3,5-6,14H,4,7-12,16H2;1H/t14-;/m1./s1. The molecule has 124 valence electrons. The second kappa shape index (κ2) is 8.50. The maximum absolute atomic E-state index is 12.0. The normalized spacial score (nSPS) is 18.0. The molecule has 0 saturated carbocycles. The van der Waals surface area contributed by atoms with Gasteiger partial charge >= 0.3 is 0 Å². The van der Waals surface area contributed by atoms with Crippen LogP contribution in [0, 0.1) is 0 Å². The van der Waals surface area contributed by atoms with Crippen LogP contribution in [0.4, 0.5) is 0 Å². The number of sulfone groups is 1. The maximum Gasteiger partial charge on any atom is 0.237 e. The van der Waals surface area contributed by atoms with Gasteiger partial charge in [-0.3, -0.25) is 4.79 Å². The topological polar surface area (TPSA) is 80.5 Å². The van der Waals surface area contributed by atoms with Crippen LogP contribution >= 0.6 is 12.4 Å². The molecule has 1 aromatic carbocycles. The Labute approximate surface area is 138 Å². The zero-order valence-corrected chi connectivity index (χ0v) is 14.1. The minimum atomic E-state index is -3.34. The van der Waals surface area contributed by atoms with Gasteiger partial charge < -0.3 is 10.6 Å². The first kappa shape index (κ1) is 18.9. The first-order valence-corrected chi connectivity index (χ1v) is 9.06. The minimum Gasteiger partial charge on any atom is -0.340 e. The fraction of sp³-hybridized carbons (Fsp3) is 0.533. The Morgan fingerprint density at radius 1 is 1.27 bits per heavy atom. The van der Waals surface area contributed by atoms with Crippen LogP contribution in [0.1, 0.15) is 18.4 Å². The molecule has 0 spiro atoms. The molecule has 22 heavy (non-hydrogen) atoms. The van der Waals surface area contributed by atoms with Gasteiger partial charge in [0, 0.05) is 19.1 Å². The largest absolute Gasteiger partial charge is 0.340 e. The molecule has 1 fully saturated rings. The van der Waals surface area contributed by atoms with Gasteiger partial charge in [0.1, 0.15) is 5.75 Å². The predicted octanol–water partition coefficient (Wildman–Crippen LogP) is 1.02. The average molecular weight is 347 g/mol. The van der Waals surface area contributed by atoms with Gasteiger partial charge in [0.25, 0.3) is 0 Å².